The van der Waals surface area contributed by atoms with Crippen molar-refractivity contribution >= 4 is 17.9 Å². The number of halogens is 3. The number of nitrogens with zero attached hydrogens (tertiary/aromatic N) is 1. The number of rotatable bonds is 6. The summed E-state index contributed by atoms with van der Waals surface area (Å²) < 4.78 is 40.2. The summed E-state index contributed by atoms with van der Waals surface area (Å²) in [6, 6.07) is 0. The Morgan fingerprint density at radius 1 is 1.35 bits per heavy atom. The van der Waals surface area contributed by atoms with Gasteiger partial charge >= 0.3 is 11.5 Å². The summed E-state index contributed by atoms with van der Waals surface area (Å²) in [7, 11) is 0. The van der Waals surface area contributed by atoms with E-state index in [9.17, 15) is 23.2 Å². The normalized spacial score (nSPS) is 29.1. The average molecular weight is 312 g/mol. The fourth-order valence-corrected chi connectivity index (χ4v) is 3.69. The van der Waals surface area contributed by atoms with E-state index in [2.05, 4.69) is 0 Å². The van der Waals surface area contributed by atoms with Gasteiger partial charge in [0, 0.05) is 24.9 Å². The minimum Gasteiger partial charge on any atom is -0.775 e. The summed E-state index contributed by atoms with van der Waals surface area (Å²) in [6.45, 7) is -0.779. The van der Waals surface area contributed by atoms with Crippen LogP contribution >= 0.6 is 11.9 Å². The van der Waals surface area contributed by atoms with Crippen molar-refractivity contribution in [2.75, 3.05) is 13.2 Å². The van der Waals surface area contributed by atoms with Crippen LogP contribution in [0.5, 0.6) is 0 Å². The van der Waals surface area contributed by atoms with Crippen LogP contribution < -0.4 is 0 Å². The number of hydrogen-bond donors (Lipinski definition) is 0. The molecule has 4 nitrogen and oxygen atoms in total. The van der Waals surface area contributed by atoms with Crippen LogP contribution in [0.15, 0.2) is 0 Å². The lowest BCUT2D eigenvalue weighted by Crippen LogP contribution is -2.22. The molecule has 0 amide bonds. The molecule has 2 bridgehead atoms. The Balaban J connectivity index is 1.59. The first kappa shape index (κ1) is 15.9. The Bertz CT molecular complexity index is 353. The maximum Gasteiger partial charge on any atom is 0.455 e. The lowest BCUT2D eigenvalue weighted by molar-refractivity contribution is -0.145. The van der Waals surface area contributed by atoms with Gasteiger partial charge in [0.15, 0.2) is 0 Å². The summed E-state index contributed by atoms with van der Waals surface area (Å²) in [5.74, 6) is 1.28. The summed E-state index contributed by atoms with van der Waals surface area (Å²) in [5.41, 5.74) is -4.60. The SMILES string of the molecule is O=C(CC1CC2CCC1C2)OCCN([O-])SC(F)(F)F. The third-order valence-corrected chi connectivity index (χ3v) is 4.65. The van der Waals surface area contributed by atoms with Gasteiger partial charge in [-0.3, -0.25) is 4.79 Å². The van der Waals surface area contributed by atoms with Crippen LogP contribution in [0.1, 0.15) is 32.1 Å². The molecule has 3 atom stereocenters. The van der Waals surface area contributed by atoms with Crippen LogP contribution in [0.4, 0.5) is 13.2 Å². The van der Waals surface area contributed by atoms with Crippen LogP contribution in [0.2, 0.25) is 0 Å². The van der Waals surface area contributed by atoms with Crippen molar-refractivity contribution in [2.45, 2.75) is 37.6 Å². The lowest BCUT2D eigenvalue weighted by atomic mass is 9.86. The van der Waals surface area contributed by atoms with Crippen molar-refractivity contribution in [3.05, 3.63) is 5.21 Å². The van der Waals surface area contributed by atoms with Crippen LogP contribution in [0.25, 0.3) is 0 Å². The number of ether oxygens (including phenoxy) is 1. The second kappa shape index (κ2) is 6.53. The Labute approximate surface area is 119 Å². The van der Waals surface area contributed by atoms with Gasteiger partial charge in [-0.15, -0.1) is 0 Å². The van der Waals surface area contributed by atoms with Crippen molar-refractivity contribution in [2.24, 2.45) is 17.8 Å². The van der Waals surface area contributed by atoms with Gasteiger partial charge in [0.1, 0.15) is 6.61 Å². The summed E-state index contributed by atoms with van der Waals surface area (Å²) >= 11 is -0.762. The minimum absolute atomic E-state index is 0.217. The Morgan fingerprint density at radius 2 is 2.10 bits per heavy atom. The van der Waals surface area contributed by atoms with Crippen molar-refractivity contribution in [3.63, 3.8) is 0 Å². The molecular formula is C12H17F3NO3S-. The number of hydroxylamine groups is 1. The molecule has 116 valence electrons. The summed E-state index contributed by atoms with van der Waals surface area (Å²) in [5, 5.41) is 10.9. The monoisotopic (exact) mass is 312 g/mol. The molecule has 0 N–H and O–H groups in total. The Kier molecular flexibility index (Phi) is 5.19. The topological polar surface area (TPSA) is 52.6 Å². The average Bonchev–Trinajstić information content (AvgIpc) is 2.88. The van der Waals surface area contributed by atoms with Gasteiger partial charge in [0.25, 0.3) is 0 Å². The summed E-state index contributed by atoms with van der Waals surface area (Å²) in [4.78, 5) is 11.6. The fourth-order valence-electron chi connectivity index (χ4n) is 3.29. The van der Waals surface area contributed by atoms with E-state index in [1.807, 2.05) is 0 Å². The number of fused-ring (bicyclic) bond motifs is 2. The molecule has 0 radical (unpaired) electrons. The molecule has 0 aliphatic heterocycles. The maximum absolute atomic E-state index is 11.9. The van der Waals surface area contributed by atoms with E-state index in [1.165, 1.54) is 19.3 Å². The zero-order valence-electron chi connectivity index (χ0n) is 10.9. The van der Waals surface area contributed by atoms with E-state index < -0.39 is 30.0 Å². The van der Waals surface area contributed by atoms with Gasteiger partial charge in [0.05, 0.1) is 0 Å². The third kappa shape index (κ3) is 4.82. The minimum atomic E-state index is -4.60. The molecule has 8 heteroatoms. The largest absolute Gasteiger partial charge is 0.775 e. The van der Waals surface area contributed by atoms with E-state index in [1.54, 1.807) is 0 Å². The van der Waals surface area contributed by atoms with Gasteiger partial charge in [-0.2, -0.15) is 13.2 Å². The van der Waals surface area contributed by atoms with Gasteiger partial charge in [0.2, 0.25) is 0 Å². The predicted molar refractivity (Wildman–Crippen MR) is 68.2 cm³/mol. The smallest absolute Gasteiger partial charge is 0.455 e. The first-order chi connectivity index (χ1) is 9.33. The van der Waals surface area contributed by atoms with Crippen LogP contribution in [-0.4, -0.2) is 29.1 Å². The predicted octanol–water partition coefficient (Wildman–Crippen LogP) is 3.32. The molecule has 0 spiro atoms. The van der Waals surface area contributed by atoms with Crippen molar-refractivity contribution < 1.29 is 22.7 Å². The van der Waals surface area contributed by atoms with Crippen molar-refractivity contribution in [3.8, 4) is 0 Å². The Hall–Kier alpha value is -0.470. The van der Waals surface area contributed by atoms with Crippen LogP contribution in [0.3, 0.4) is 0 Å². The molecule has 2 fully saturated rings. The van der Waals surface area contributed by atoms with Crippen molar-refractivity contribution in [1.82, 2.24) is 4.47 Å². The molecule has 2 rings (SSSR count). The molecule has 20 heavy (non-hydrogen) atoms. The van der Waals surface area contributed by atoms with Crippen molar-refractivity contribution in [1.29, 1.82) is 0 Å². The van der Waals surface area contributed by atoms with E-state index >= 15 is 0 Å². The molecule has 0 aromatic heterocycles. The first-order valence-corrected chi connectivity index (χ1v) is 7.47. The first-order valence-electron chi connectivity index (χ1n) is 6.69. The van der Waals surface area contributed by atoms with E-state index in [4.69, 9.17) is 4.74 Å². The fraction of sp³-hybridized carbons (Fsp3) is 0.917. The molecule has 2 saturated carbocycles. The number of hydrogen-bond acceptors (Lipinski definition) is 5. The maximum atomic E-state index is 11.9. The van der Waals surface area contributed by atoms with Gasteiger partial charge < -0.3 is 14.4 Å². The van der Waals surface area contributed by atoms with E-state index in [0.29, 0.717) is 18.3 Å². The van der Waals surface area contributed by atoms with Gasteiger partial charge in [-0.25, -0.2) is 0 Å². The highest BCUT2D eigenvalue weighted by atomic mass is 32.2. The zero-order valence-corrected chi connectivity index (χ0v) is 11.7. The molecular weight excluding hydrogens is 295 g/mol. The molecule has 0 saturated heterocycles. The molecule has 0 heterocycles. The number of carbonyl (C=O) groups excluding carboxylic acids is 1. The van der Waals surface area contributed by atoms with E-state index in [-0.39, 0.29) is 11.1 Å². The molecule has 2 aliphatic carbocycles. The molecule has 0 aromatic rings. The third-order valence-electron chi connectivity index (χ3n) is 4.06. The second-order valence-corrected chi connectivity index (χ2v) is 6.51. The number of alkyl halides is 3. The Morgan fingerprint density at radius 3 is 2.65 bits per heavy atom. The highest BCUT2D eigenvalue weighted by Gasteiger charge is 2.40. The standard InChI is InChI=1S/C12H17F3NO3S/c13-12(14,15)20-16(18)3-4-19-11(17)7-10-6-8-1-2-9(10)5-8/h8-10H,1-7H2/q-1. The summed E-state index contributed by atoms with van der Waals surface area (Å²) in [6.07, 6.45) is 4.98. The molecule has 0 aromatic carbocycles. The van der Waals surface area contributed by atoms with Gasteiger partial charge in [-0.05, 0) is 37.0 Å². The van der Waals surface area contributed by atoms with E-state index in [0.717, 1.165) is 12.3 Å². The second-order valence-electron chi connectivity index (χ2n) is 5.45. The highest BCUT2D eigenvalue weighted by Crippen LogP contribution is 2.49. The lowest BCUT2D eigenvalue weighted by Gasteiger charge is -2.27. The number of esters is 1. The zero-order chi connectivity index (χ0) is 14.8. The highest BCUT2D eigenvalue weighted by molar-refractivity contribution is 7.97. The van der Waals surface area contributed by atoms with Crippen LogP contribution in [-0.2, 0) is 9.53 Å². The number of carbonyl (C=O) groups is 1. The quantitative estimate of drug-likeness (QED) is 0.428. The van der Waals surface area contributed by atoms with Crippen LogP contribution in [0, 0.1) is 23.0 Å². The van der Waals surface area contributed by atoms with Gasteiger partial charge in [-0.1, -0.05) is 6.42 Å². The molecule has 2 aliphatic rings. The molecule has 3 unspecified atom stereocenters.